The van der Waals surface area contributed by atoms with Gasteiger partial charge in [-0.1, -0.05) is 27.7 Å². The van der Waals surface area contributed by atoms with Crippen molar-refractivity contribution in [1.29, 1.82) is 0 Å². The molecule has 15 heavy (non-hydrogen) atoms. The molecular formula is C12H26N2O. The van der Waals surface area contributed by atoms with Crippen LogP contribution in [0.4, 0.5) is 0 Å². The molecule has 1 amide bonds. The molecular weight excluding hydrogens is 188 g/mol. The van der Waals surface area contributed by atoms with E-state index in [2.05, 4.69) is 33.0 Å². The Balaban J connectivity index is 4.24. The maximum atomic E-state index is 11.8. The Labute approximate surface area is 93.8 Å². The van der Waals surface area contributed by atoms with E-state index in [-0.39, 0.29) is 17.5 Å². The number of carbonyl (C=O) groups excluding carboxylic acids is 1. The van der Waals surface area contributed by atoms with E-state index in [1.54, 1.807) is 0 Å². The van der Waals surface area contributed by atoms with Crippen LogP contribution in [0, 0.1) is 11.8 Å². The van der Waals surface area contributed by atoms with Crippen molar-refractivity contribution in [3.8, 4) is 0 Å². The van der Waals surface area contributed by atoms with E-state index in [0.29, 0.717) is 11.8 Å². The second kappa shape index (κ2) is 5.50. The number of hydrogen-bond donors (Lipinski definition) is 2. The van der Waals surface area contributed by atoms with E-state index >= 15 is 0 Å². The molecule has 3 nitrogen and oxygen atoms in total. The van der Waals surface area contributed by atoms with Crippen molar-refractivity contribution in [3.05, 3.63) is 0 Å². The van der Waals surface area contributed by atoms with Crippen LogP contribution < -0.4 is 11.1 Å². The van der Waals surface area contributed by atoms with E-state index in [4.69, 9.17) is 5.73 Å². The molecule has 0 spiro atoms. The number of carbonyl (C=O) groups is 1. The van der Waals surface area contributed by atoms with Gasteiger partial charge in [0.2, 0.25) is 5.91 Å². The zero-order valence-electron chi connectivity index (χ0n) is 10.9. The highest BCUT2D eigenvalue weighted by molar-refractivity contribution is 5.82. The lowest BCUT2D eigenvalue weighted by molar-refractivity contribution is -0.124. The molecule has 90 valence electrons. The maximum Gasteiger partial charge on any atom is 0.237 e. The summed E-state index contributed by atoms with van der Waals surface area (Å²) in [5.74, 6) is 0.808. The van der Waals surface area contributed by atoms with Gasteiger partial charge in [-0.25, -0.2) is 0 Å². The minimum absolute atomic E-state index is 0.0394. The summed E-state index contributed by atoms with van der Waals surface area (Å²) in [5, 5.41) is 3.00. The highest BCUT2D eigenvalue weighted by Crippen LogP contribution is 2.15. The van der Waals surface area contributed by atoms with Gasteiger partial charge in [0.05, 0.1) is 6.04 Å². The number of rotatable bonds is 5. The van der Waals surface area contributed by atoms with Gasteiger partial charge in [-0.2, -0.15) is 0 Å². The van der Waals surface area contributed by atoms with E-state index in [1.807, 2.05) is 13.8 Å². The average Bonchev–Trinajstić information content (AvgIpc) is 2.01. The highest BCUT2D eigenvalue weighted by Gasteiger charge is 2.26. The van der Waals surface area contributed by atoms with Gasteiger partial charge in [-0.15, -0.1) is 0 Å². The zero-order valence-corrected chi connectivity index (χ0v) is 10.9. The molecule has 0 rings (SSSR count). The van der Waals surface area contributed by atoms with Crippen LogP contribution in [0.25, 0.3) is 0 Å². The second-order valence-electron chi connectivity index (χ2n) is 5.60. The van der Waals surface area contributed by atoms with Crippen LogP contribution >= 0.6 is 0 Å². The van der Waals surface area contributed by atoms with Gasteiger partial charge in [0, 0.05) is 5.54 Å². The normalized spacial score (nSPS) is 14.5. The molecule has 0 saturated carbocycles. The molecule has 0 unspecified atom stereocenters. The fourth-order valence-electron chi connectivity index (χ4n) is 1.17. The Bertz CT molecular complexity index is 210. The number of hydrogen-bond acceptors (Lipinski definition) is 2. The summed E-state index contributed by atoms with van der Waals surface area (Å²) in [6, 6.07) is -0.386. The van der Waals surface area contributed by atoms with E-state index in [9.17, 15) is 4.79 Å². The quantitative estimate of drug-likeness (QED) is 0.734. The van der Waals surface area contributed by atoms with Gasteiger partial charge in [-0.05, 0) is 32.1 Å². The van der Waals surface area contributed by atoms with Gasteiger partial charge in [0.15, 0.2) is 0 Å². The molecule has 0 fully saturated rings. The minimum Gasteiger partial charge on any atom is -0.350 e. The summed E-state index contributed by atoms with van der Waals surface area (Å²) in [5.41, 5.74) is 5.62. The molecule has 3 heteroatoms. The number of nitrogens with two attached hydrogens (primary N) is 1. The standard InChI is InChI=1S/C12H26N2O/c1-8(2)7-10(13)11(15)14-12(5,6)9(3)4/h8-10H,7,13H2,1-6H3,(H,14,15)/t10-/m0/s1. The van der Waals surface area contributed by atoms with Crippen LogP contribution in [0.2, 0.25) is 0 Å². The van der Waals surface area contributed by atoms with Crippen LogP contribution in [0.15, 0.2) is 0 Å². The molecule has 0 radical (unpaired) electrons. The molecule has 0 aromatic heterocycles. The summed E-state index contributed by atoms with van der Waals surface area (Å²) >= 11 is 0. The van der Waals surface area contributed by atoms with Crippen molar-refractivity contribution < 1.29 is 4.79 Å². The fraction of sp³-hybridized carbons (Fsp3) is 0.917. The first-order chi connectivity index (χ1) is 6.66. The lowest BCUT2D eigenvalue weighted by atomic mass is 9.90. The Morgan fingerprint density at radius 1 is 1.27 bits per heavy atom. The summed E-state index contributed by atoms with van der Waals surface area (Å²) in [6.45, 7) is 12.4. The smallest absolute Gasteiger partial charge is 0.237 e. The largest absolute Gasteiger partial charge is 0.350 e. The van der Waals surface area contributed by atoms with Crippen molar-refractivity contribution >= 4 is 5.91 Å². The van der Waals surface area contributed by atoms with E-state index in [1.165, 1.54) is 0 Å². The Kier molecular flexibility index (Phi) is 5.29. The van der Waals surface area contributed by atoms with Crippen LogP contribution in [-0.4, -0.2) is 17.5 Å². The first-order valence-corrected chi connectivity index (χ1v) is 5.74. The van der Waals surface area contributed by atoms with E-state index < -0.39 is 0 Å². The molecule has 0 saturated heterocycles. The van der Waals surface area contributed by atoms with Crippen LogP contribution in [-0.2, 0) is 4.79 Å². The van der Waals surface area contributed by atoms with Crippen LogP contribution in [0.3, 0.4) is 0 Å². The summed E-state index contributed by atoms with van der Waals surface area (Å²) in [7, 11) is 0. The monoisotopic (exact) mass is 214 g/mol. The Hall–Kier alpha value is -0.570. The van der Waals surface area contributed by atoms with Crippen LogP contribution in [0.1, 0.15) is 48.0 Å². The molecule has 0 aromatic rings. The van der Waals surface area contributed by atoms with Crippen molar-refractivity contribution in [2.24, 2.45) is 17.6 Å². The Morgan fingerprint density at radius 2 is 1.73 bits per heavy atom. The lowest BCUT2D eigenvalue weighted by Crippen LogP contribution is -2.53. The number of nitrogens with one attached hydrogen (secondary N) is 1. The third-order valence-corrected chi connectivity index (χ3v) is 2.95. The highest BCUT2D eigenvalue weighted by atomic mass is 16.2. The SMILES string of the molecule is CC(C)C[C@H](N)C(=O)NC(C)(C)C(C)C. The Morgan fingerprint density at radius 3 is 2.07 bits per heavy atom. The molecule has 0 aliphatic heterocycles. The molecule has 3 N–H and O–H groups in total. The minimum atomic E-state index is -0.386. The topological polar surface area (TPSA) is 55.1 Å². The van der Waals surface area contributed by atoms with Crippen LogP contribution in [0.5, 0.6) is 0 Å². The van der Waals surface area contributed by atoms with E-state index in [0.717, 1.165) is 6.42 Å². The summed E-state index contributed by atoms with van der Waals surface area (Å²) in [6.07, 6.45) is 0.736. The van der Waals surface area contributed by atoms with Gasteiger partial charge in [-0.3, -0.25) is 4.79 Å². The maximum absolute atomic E-state index is 11.8. The van der Waals surface area contributed by atoms with Gasteiger partial charge in [0.25, 0.3) is 0 Å². The third-order valence-electron chi connectivity index (χ3n) is 2.95. The lowest BCUT2D eigenvalue weighted by Gasteiger charge is -2.32. The predicted molar refractivity (Wildman–Crippen MR) is 64.5 cm³/mol. The molecule has 0 bridgehead atoms. The summed E-state index contributed by atoms with van der Waals surface area (Å²) < 4.78 is 0. The first kappa shape index (κ1) is 14.4. The molecule has 0 heterocycles. The third kappa shape index (κ3) is 5.17. The van der Waals surface area contributed by atoms with Gasteiger partial charge in [0.1, 0.15) is 0 Å². The van der Waals surface area contributed by atoms with Crippen molar-refractivity contribution in [2.45, 2.75) is 59.5 Å². The first-order valence-electron chi connectivity index (χ1n) is 5.74. The number of amides is 1. The van der Waals surface area contributed by atoms with Crippen molar-refractivity contribution in [1.82, 2.24) is 5.32 Å². The molecule has 0 aliphatic rings. The second-order valence-corrected chi connectivity index (χ2v) is 5.60. The fourth-order valence-corrected chi connectivity index (χ4v) is 1.17. The predicted octanol–water partition coefficient (Wildman–Crippen LogP) is 1.91. The molecule has 1 atom stereocenters. The zero-order chi connectivity index (χ0) is 12.2. The van der Waals surface area contributed by atoms with Crippen molar-refractivity contribution in [2.75, 3.05) is 0 Å². The van der Waals surface area contributed by atoms with Gasteiger partial charge >= 0.3 is 0 Å². The molecule has 0 aliphatic carbocycles. The summed E-state index contributed by atoms with van der Waals surface area (Å²) in [4.78, 5) is 11.8. The van der Waals surface area contributed by atoms with Gasteiger partial charge < -0.3 is 11.1 Å². The van der Waals surface area contributed by atoms with Crippen molar-refractivity contribution in [3.63, 3.8) is 0 Å². The molecule has 0 aromatic carbocycles. The average molecular weight is 214 g/mol.